The third-order valence-corrected chi connectivity index (χ3v) is 3.72. The Kier molecular flexibility index (Phi) is 4.04. The summed E-state index contributed by atoms with van der Waals surface area (Å²) < 4.78 is 19.1. The molecule has 4 nitrogen and oxygen atoms in total. The van der Waals surface area contributed by atoms with Gasteiger partial charge in [-0.3, -0.25) is 4.79 Å². The minimum atomic E-state index is -0.329. The van der Waals surface area contributed by atoms with E-state index in [1.165, 1.54) is 20.1 Å². The van der Waals surface area contributed by atoms with Crippen LogP contribution >= 0.6 is 0 Å². The van der Waals surface area contributed by atoms with Crippen molar-refractivity contribution in [3.8, 4) is 5.75 Å². The molecule has 1 saturated heterocycles. The van der Waals surface area contributed by atoms with Gasteiger partial charge >= 0.3 is 0 Å². The number of amides is 1. The molecule has 1 aromatic carbocycles. The van der Waals surface area contributed by atoms with Gasteiger partial charge in [0.25, 0.3) is 0 Å². The summed E-state index contributed by atoms with van der Waals surface area (Å²) in [6.07, 6.45) is 0.690. The number of nitrogens with two attached hydrogens (primary N) is 1. The molecular formula is C14H19FN2O2. The van der Waals surface area contributed by atoms with Crippen LogP contribution in [-0.4, -0.2) is 37.0 Å². The lowest BCUT2D eigenvalue weighted by Crippen LogP contribution is -2.47. The van der Waals surface area contributed by atoms with E-state index in [0.29, 0.717) is 30.8 Å². The van der Waals surface area contributed by atoms with Gasteiger partial charge in [-0.15, -0.1) is 0 Å². The highest BCUT2D eigenvalue weighted by molar-refractivity contribution is 5.73. The smallest absolute Gasteiger partial charge is 0.219 e. The standard InChI is InChI=1S/C14H19FN2O2/c1-9(18)17-6-5-14(16)12(8-17)11-4-3-10(19-2)7-13(11)15/h3-4,7,12,14H,5-6,8,16H2,1-2H3. The number of benzene rings is 1. The average molecular weight is 266 g/mol. The molecule has 1 heterocycles. The Balaban J connectivity index is 2.25. The van der Waals surface area contributed by atoms with E-state index < -0.39 is 0 Å². The maximum Gasteiger partial charge on any atom is 0.219 e. The van der Waals surface area contributed by atoms with Crippen molar-refractivity contribution in [1.29, 1.82) is 0 Å². The molecule has 2 unspecified atom stereocenters. The van der Waals surface area contributed by atoms with Gasteiger partial charge in [-0.05, 0) is 18.1 Å². The number of likely N-dealkylation sites (tertiary alicyclic amines) is 1. The molecule has 1 aromatic rings. The monoisotopic (exact) mass is 266 g/mol. The van der Waals surface area contributed by atoms with E-state index in [1.807, 2.05) is 0 Å². The van der Waals surface area contributed by atoms with Crippen molar-refractivity contribution < 1.29 is 13.9 Å². The second kappa shape index (κ2) is 5.57. The van der Waals surface area contributed by atoms with Crippen molar-refractivity contribution in [3.05, 3.63) is 29.6 Å². The van der Waals surface area contributed by atoms with E-state index >= 15 is 0 Å². The zero-order valence-electron chi connectivity index (χ0n) is 11.2. The van der Waals surface area contributed by atoms with Gasteiger partial charge in [0, 0.05) is 38.0 Å². The number of rotatable bonds is 2. The van der Waals surface area contributed by atoms with Crippen LogP contribution < -0.4 is 10.5 Å². The van der Waals surface area contributed by atoms with Crippen molar-refractivity contribution in [1.82, 2.24) is 4.90 Å². The summed E-state index contributed by atoms with van der Waals surface area (Å²) in [7, 11) is 1.50. The van der Waals surface area contributed by atoms with Gasteiger partial charge in [-0.25, -0.2) is 4.39 Å². The molecule has 104 valence electrons. The molecule has 0 radical (unpaired) electrons. The largest absolute Gasteiger partial charge is 0.497 e. The Hall–Kier alpha value is -1.62. The van der Waals surface area contributed by atoms with E-state index in [9.17, 15) is 9.18 Å². The molecule has 2 atom stereocenters. The molecule has 1 aliphatic rings. The highest BCUT2D eigenvalue weighted by Gasteiger charge is 2.30. The van der Waals surface area contributed by atoms with Gasteiger partial charge in [0.15, 0.2) is 0 Å². The fraction of sp³-hybridized carbons (Fsp3) is 0.500. The Morgan fingerprint density at radius 1 is 1.53 bits per heavy atom. The van der Waals surface area contributed by atoms with E-state index in [1.54, 1.807) is 17.0 Å². The van der Waals surface area contributed by atoms with Crippen LogP contribution in [0.2, 0.25) is 0 Å². The van der Waals surface area contributed by atoms with Gasteiger partial charge < -0.3 is 15.4 Å². The molecule has 0 spiro atoms. The van der Waals surface area contributed by atoms with Gasteiger partial charge in [0.2, 0.25) is 5.91 Å². The first-order valence-corrected chi connectivity index (χ1v) is 6.37. The first kappa shape index (κ1) is 13.8. The molecule has 0 aliphatic carbocycles. The summed E-state index contributed by atoms with van der Waals surface area (Å²) in [6, 6.07) is 4.65. The molecule has 5 heteroatoms. The summed E-state index contributed by atoms with van der Waals surface area (Å²) in [5.74, 6) is -0.00590. The fourth-order valence-electron chi connectivity index (χ4n) is 2.52. The molecule has 1 amide bonds. The summed E-state index contributed by atoms with van der Waals surface area (Å²) in [5.41, 5.74) is 6.63. The first-order valence-electron chi connectivity index (χ1n) is 6.37. The van der Waals surface area contributed by atoms with Crippen molar-refractivity contribution in [2.24, 2.45) is 5.73 Å². The number of ether oxygens (including phenoxy) is 1. The molecule has 0 bridgehead atoms. The SMILES string of the molecule is COc1ccc(C2CN(C(C)=O)CCC2N)c(F)c1. The van der Waals surface area contributed by atoms with Gasteiger partial charge in [0.1, 0.15) is 11.6 Å². The lowest BCUT2D eigenvalue weighted by molar-refractivity contribution is -0.130. The molecule has 19 heavy (non-hydrogen) atoms. The van der Waals surface area contributed by atoms with Crippen molar-refractivity contribution in [2.45, 2.75) is 25.3 Å². The van der Waals surface area contributed by atoms with Crippen LogP contribution in [0.1, 0.15) is 24.8 Å². The predicted octanol–water partition coefficient (Wildman–Crippen LogP) is 1.50. The van der Waals surface area contributed by atoms with Crippen LogP contribution in [0.3, 0.4) is 0 Å². The van der Waals surface area contributed by atoms with Gasteiger partial charge in [-0.2, -0.15) is 0 Å². The van der Waals surface area contributed by atoms with Crippen LogP contribution in [0.5, 0.6) is 5.75 Å². The molecule has 1 fully saturated rings. The Morgan fingerprint density at radius 3 is 2.84 bits per heavy atom. The summed E-state index contributed by atoms with van der Waals surface area (Å²) in [4.78, 5) is 13.2. The molecule has 1 aliphatic heterocycles. The highest BCUT2D eigenvalue weighted by atomic mass is 19.1. The first-order chi connectivity index (χ1) is 9.02. The van der Waals surface area contributed by atoms with Gasteiger partial charge in [0.05, 0.1) is 7.11 Å². The maximum atomic E-state index is 14.1. The number of methoxy groups -OCH3 is 1. The van der Waals surface area contributed by atoms with E-state index in [0.717, 1.165) is 0 Å². The number of hydrogen-bond acceptors (Lipinski definition) is 3. The Labute approximate surface area is 112 Å². The number of nitrogens with zero attached hydrogens (tertiary/aromatic N) is 1. The molecular weight excluding hydrogens is 247 g/mol. The van der Waals surface area contributed by atoms with Crippen molar-refractivity contribution >= 4 is 5.91 Å². The maximum absolute atomic E-state index is 14.1. The zero-order chi connectivity index (χ0) is 14.0. The molecule has 2 rings (SSSR count). The van der Waals surface area contributed by atoms with E-state index in [4.69, 9.17) is 10.5 Å². The highest BCUT2D eigenvalue weighted by Crippen LogP contribution is 2.30. The van der Waals surface area contributed by atoms with Crippen LogP contribution in [0.15, 0.2) is 18.2 Å². The Morgan fingerprint density at radius 2 is 2.26 bits per heavy atom. The lowest BCUT2D eigenvalue weighted by atomic mass is 9.86. The van der Waals surface area contributed by atoms with Crippen LogP contribution in [0.25, 0.3) is 0 Å². The number of halogens is 1. The minimum Gasteiger partial charge on any atom is -0.497 e. The molecule has 0 aromatic heterocycles. The summed E-state index contributed by atoms with van der Waals surface area (Å²) >= 11 is 0. The third kappa shape index (κ3) is 2.87. The normalized spacial score (nSPS) is 23.3. The topological polar surface area (TPSA) is 55.6 Å². The molecule has 2 N–H and O–H groups in total. The predicted molar refractivity (Wildman–Crippen MR) is 70.5 cm³/mol. The van der Waals surface area contributed by atoms with Crippen molar-refractivity contribution in [2.75, 3.05) is 20.2 Å². The molecule has 0 saturated carbocycles. The van der Waals surface area contributed by atoms with Crippen LogP contribution in [-0.2, 0) is 4.79 Å². The fourth-order valence-corrected chi connectivity index (χ4v) is 2.52. The Bertz CT molecular complexity index is 479. The number of hydrogen-bond donors (Lipinski definition) is 1. The van der Waals surface area contributed by atoms with Gasteiger partial charge in [-0.1, -0.05) is 6.07 Å². The zero-order valence-corrected chi connectivity index (χ0v) is 11.2. The summed E-state index contributed by atoms with van der Waals surface area (Å²) in [6.45, 7) is 2.64. The number of carbonyl (C=O) groups excluding carboxylic acids is 1. The van der Waals surface area contributed by atoms with E-state index in [-0.39, 0.29) is 23.7 Å². The average Bonchev–Trinajstić information content (AvgIpc) is 2.39. The minimum absolute atomic E-state index is 0.00539. The van der Waals surface area contributed by atoms with Crippen molar-refractivity contribution in [3.63, 3.8) is 0 Å². The summed E-state index contributed by atoms with van der Waals surface area (Å²) in [5, 5.41) is 0. The third-order valence-electron chi connectivity index (χ3n) is 3.72. The number of carbonyl (C=O) groups is 1. The van der Waals surface area contributed by atoms with Crippen LogP contribution in [0.4, 0.5) is 4.39 Å². The lowest BCUT2D eigenvalue weighted by Gasteiger charge is -2.36. The quantitative estimate of drug-likeness (QED) is 0.882. The van der Waals surface area contributed by atoms with Crippen LogP contribution in [0, 0.1) is 5.82 Å². The second-order valence-electron chi connectivity index (χ2n) is 4.91. The second-order valence-corrected chi connectivity index (χ2v) is 4.91. The number of piperidine rings is 1. The van der Waals surface area contributed by atoms with E-state index in [2.05, 4.69) is 0 Å².